The van der Waals surface area contributed by atoms with Gasteiger partial charge in [-0.1, -0.05) is 17.2 Å². The molecule has 1 saturated heterocycles. The summed E-state index contributed by atoms with van der Waals surface area (Å²) in [6.07, 6.45) is 0.168. The summed E-state index contributed by atoms with van der Waals surface area (Å²) in [5.41, 5.74) is 8.72. The summed E-state index contributed by atoms with van der Waals surface area (Å²) in [7, 11) is 0. The topological polar surface area (TPSA) is 127 Å². The van der Waals surface area contributed by atoms with E-state index in [9.17, 15) is 19.8 Å². The number of rotatable bonds is 5. The number of phenols is 1. The summed E-state index contributed by atoms with van der Waals surface area (Å²) in [5, 5.41) is 22.1. The molecule has 2 N–H and O–H groups in total. The van der Waals surface area contributed by atoms with Gasteiger partial charge in [-0.3, -0.25) is 4.79 Å². The van der Waals surface area contributed by atoms with Crippen LogP contribution in [0.4, 0.5) is 0 Å². The van der Waals surface area contributed by atoms with Crippen LogP contribution in [0.5, 0.6) is 5.75 Å². The number of carboxylic acid groups (broad SMARTS) is 1. The molecular formula is C13H14N4O4. The van der Waals surface area contributed by atoms with Crippen molar-refractivity contribution in [2.45, 2.75) is 12.5 Å². The normalized spacial score (nSPS) is 19.1. The summed E-state index contributed by atoms with van der Waals surface area (Å²) in [6.45, 7) is 0.399. The van der Waals surface area contributed by atoms with Crippen LogP contribution in [0, 0.1) is 5.92 Å². The van der Waals surface area contributed by atoms with E-state index in [2.05, 4.69) is 10.0 Å². The van der Waals surface area contributed by atoms with Gasteiger partial charge in [0.2, 0.25) is 5.91 Å². The predicted molar refractivity (Wildman–Crippen MR) is 72.3 cm³/mol. The van der Waals surface area contributed by atoms with Gasteiger partial charge < -0.3 is 15.1 Å². The van der Waals surface area contributed by atoms with Crippen molar-refractivity contribution in [1.29, 1.82) is 0 Å². The molecule has 0 radical (unpaired) electrons. The highest BCUT2D eigenvalue weighted by Crippen LogP contribution is 2.30. The third kappa shape index (κ3) is 3.24. The zero-order valence-electron chi connectivity index (χ0n) is 11.1. The van der Waals surface area contributed by atoms with Crippen molar-refractivity contribution in [3.63, 3.8) is 0 Å². The van der Waals surface area contributed by atoms with Crippen LogP contribution in [-0.4, -0.2) is 40.1 Å². The van der Waals surface area contributed by atoms with E-state index in [-0.39, 0.29) is 37.1 Å². The molecule has 1 fully saturated rings. The molecule has 1 unspecified atom stereocenters. The van der Waals surface area contributed by atoms with Gasteiger partial charge in [-0.15, -0.1) is 0 Å². The van der Waals surface area contributed by atoms with Crippen LogP contribution in [0.15, 0.2) is 29.4 Å². The number of hydrogen-bond acceptors (Lipinski definition) is 4. The Morgan fingerprint density at radius 2 is 2.14 bits per heavy atom. The molecule has 1 aromatic carbocycles. The van der Waals surface area contributed by atoms with Crippen LogP contribution in [0.25, 0.3) is 10.4 Å². The van der Waals surface area contributed by atoms with Crippen molar-refractivity contribution in [2.24, 2.45) is 11.0 Å². The van der Waals surface area contributed by atoms with Crippen LogP contribution in [0.3, 0.4) is 0 Å². The molecule has 21 heavy (non-hydrogen) atoms. The molecule has 0 bridgehead atoms. The number of aromatic hydroxyl groups is 1. The quantitative estimate of drug-likeness (QED) is 0.485. The fourth-order valence-corrected chi connectivity index (χ4v) is 2.44. The van der Waals surface area contributed by atoms with Crippen molar-refractivity contribution in [1.82, 2.24) is 4.90 Å². The van der Waals surface area contributed by atoms with Gasteiger partial charge in [-0.05, 0) is 29.1 Å². The second-order valence-corrected chi connectivity index (χ2v) is 4.86. The first kappa shape index (κ1) is 14.7. The summed E-state index contributed by atoms with van der Waals surface area (Å²) >= 11 is 0. The highest BCUT2D eigenvalue weighted by molar-refractivity contribution is 5.86. The molecule has 0 aromatic heterocycles. The molecule has 0 spiro atoms. The highest BCUT2D eigenvalue weighted by Gasteiger charge is 2.38. The molecule has 1 amide bonds. The van der Waals surface area contributed by atoms with Gasteiger partial charge in [-0.2, -0.15) is 0 Å². The lowest BCUT2D eigenvalue weighted by molar-refractivity contribution is -0.148. The van der Waals surface area contributed by atoms with E-state index in [1.54, 1.807) is 0 Å². The van der Waals surface area contributed by atoms with Crippen LogP contribution in [0.2, 0.25) is 0 Å². The molecule has 110 valence electrons. The Morgan fingerprint density at radius 3 is 2.71 bits per heavy atom. The lowest BCUT2D eigenvalue weighted by Gasteiger charge is -2.25. The average molecular weight is 290 g/mol. The third-order valence-electron chi connectivity index (χ3n) is 3.40. The third-order valence-corrected chi connectivity index (χ3v) is 3.40. The van der Waals surface area contributed by atoms with Crippen molar-refractivity contribution < 1.29 is 19.8 Å². The average Bonchev–Trinajstić information content (AvgIpc) is 2.80. The minimum atomic E-state index is -1.14. The van der Waals surface area contributed by atoms with Gasteiger partial charge in [0, 0.05) is 24.4 Å². The molecule has 1 aliphatic rings. The van der Waals surface area contributed by atoms with Crippen molar-refractivity contribution >= 4 is 11.9 Å². The molecule has 8 heteroatoms. The number of nitrogens with zero attached hydrogens (tertiary/aromatic N) is 4. The minimum absolute atomic E-state index is 0.0249. The zero-order valence-corrected chi connectivity index (χ0v) is 11.1. The standard InChI is InChI=1S/C13H14N4O4/c14-16-15-6-8-5-11(19)17(7-8)12(13(20)21)9-1-3-10(18)4-2-9/h1-4,8,12,18H,5-7H2,(H,20,21)/t8?,12-/m1/s1. The summed E-state index contributed by atoms with van der Waals surface area (Å²) in [5.74, 6) is -1.57. The lowest BCUT2D eigenvalue weighted by Crippen LogP contribution is -2.35. The number of amides is 1. The Bertz CT molecular complexity index is 595. The summed E-state index contributed by atoms with van der Waals surface area (Å²) in [4.78, 5) is 27.4. The number of phenolic OH excluding ortho intramolecular Hbond substituents is 1. The zero-order chi connectivity index (χ0) is 15.4. The van der Waals surface area contributed by atoms with E-state index in [1.165, 1.54) is 29.2 Å². The lowest BCUT2D eigenvalue weighted by atomic mass is 10.1. The Morgan fingerprint density at radius 1 is 1.48 bits per heavy atom. The first-order valence-electron chi connectivity index (χ1n) is 6.35. The van der Waals surface area contributed by atoms with Gasteiger partial charge in [0.1, 0.15) is 5.75 Å². The summed E-state index contributed by atoms with van der Waals surface area (Å²) in [6, 6.07) is 4.60. The van der Waals surface area contributed by atoms with Gasteiger partial charge in [0.25, 0.3) is 0 Å². The highest BCUT2D eigenvalue weighted by atomic mass is 16.4. The number of carboxylic acids is 1. The molecule has 1 aliphatic heterocycles. The van der Waals surface area contributed by atoms with Crippen LogP contribution in [-0.2, 0) is 9.59 Å². The fraction of sp³-hybridized carbons (Fsp3) is 0.385. The molecule has 0 saturated carbocycles. The van der Waals surface area contributed by atoms with Crippen LogP contribution in [0.1, 0.15) is 18.0 Å². The number of carbonyl (C=O) groups is 2. The molecule has 1 heterocycles. The number of benzene rings is 1. The van der Waals surface area contributed by atoms with Crippen molar-refractivity contribution in [3.8, 4) is 5.75 Å². The number of aliphatic carboxylic acids is 1. The number of likely N-dealkylation sites (tertiary alicyclic amines) is 1. The predicted octanol–water partition coefficient (Wildman–Crippen LogP) is 1.68. The molecule has 2 rings (SSSR count). The maximum atomic E-state index is 12.0. The largest absolute Gasteiger partial charge is 0.508 e. The first-order chi connectivity index (χ1) is 10.0. The monoisotopic (exact) mass is 290 g/mol. The Hall–Kier alpha value is -2.73. The second kappa shape index (κ2) is 6.15. The Balaban J connectivity index is 2.23. The number of hydrogen-bond donors (Lipinski definition) is 2. The van der Waals surface area contributed by atoms with Crippen molar-refractivity contribution in [3.05, 3.63) is 40.3 Å². The Kier molecular flexibility index (Phi) is 4.30. The Labute approximate surface area is 120 Å². The number of carbonyl (C=O) groups excluding carboxylic acids is 1. The summed E-state index contributed by atoms with van der Waals surface area (Å²) < 4.78 is 0. The van der Waals surface area contributed by atoms with E-state index in [1.807, 2.05) is 0 Å². The van der Waals surface area contributed by atoms with Gasteiger partial charge in [0.15, 0.2) is 6.04 Å². The van der Waals surface area contributed by atoms with E-state index in [0.29, 0.717) is 5.56 Å². The van der Waals surface area contributed by atoms with Gasteiger partial charge in [0.05, 0.1) is 0 Å². The van der Waals surface area contributed by atoms with Crippen LogP contribution < -0.4 is 0 Å². The van der Waals surface area contributed by atoms with E-state index < -0.39 is 12.0 Å². The smallest absolute Gasteiger partial charge is 0.331 e. The molecule has 8 nitrogen and oxygen atoms in total. The van der Waals surface area contributed by atoms with Crippen molar-refractivity contribution in [2.75, 3.05) is 13.1 Å². The number of azide groups is 1. The minimum Gasteiger partial charge on any atom is -0.508 e. The van der Waals surface area contributed by atoms with Gasteiger partial charge >= 0.3 is 5.97 Å². The first-order valence-corrected chi connectivity index (χ1v) is 6.35. The molecular weight excluding hydrogens is 276 g/mol. The van der Waals surface area contributed by atoms with Crippen LogP contribution >= 0.6 is 0 Å². The molecule has 2 atom stereocenters. The SMILES string of the molecule is [N-]=[N+]=NCC1CC(=O)N([C@@H](C(=O)O)c2ccc(O)cc2)C1. The maximum Gasteiger partial charge on any atom is 0.331 e. The molecule has 0 aliphatic carbocycles. The van der Waals surface area contributed by atoms with E-state index in [4.69, 9.17) is 5.53 Å². The maximum absolute atomic E-state index is 12.0. The molecule has 1 aromatic rings. The fourth-order valence-electron chi connectivity index (χ4n) is 2.44. The van der Waals surface area contributed by atoms with E-state index >= 15 is 0 Å². The van der Waals surface area contributed by atoms with Gasteiger partial charge in [-0.25, -0.2) is 4.79 Å². The second-order valence-electron chi connectivity index (χ2n) is 4.86. The van der Waals surface area contributed by atoms with E-state index in [0.717, 1.165) is 0 Å².